The SMILES string of the molecule is Cc1cc(OCCN2CCN(C(CC=O)(c3ccccc3)c3ccccc3)CC2)c(C)c(C)c1N. The average molecular weight is 472 g/mol. The summed E-state index contributed by atoms with van der Waals surface area (Å²) >= 11 is 0. The summed E-state index contributed by atoms with van der Waals surface area (Å²) in [6.45, 7) is 11.3. The maximum Gasteiger partial charge on any atom is 0.122 e. The van der Waals surface area contributed by atoms with Gasteiger partial charge in [-0.25, -0.2) is 0 Å². The van der Waals surface area contributed by atoms with Crippen molar-refractivity contribution in [2.45, 2.75) is 32.7 Å². The molecule has 1 aliphatic rings. The van der Waals surface area contributed by atoms with E-state index in [-0.39, 0.29) is 0 Å². The van der Waals surface area contributed by atoms with Gasteiger partial charge in [-0.2, -0.15) is 0 Å². The third-order valence-corrected chi connectivity index (χ3v) is 7.57. The van der Waals surface area contributed by atoms with Gasteiger partial charge in [0.2, 0.25) is 0 Å². The molecule has 0 unspecified atom stereocenters. The number of hydrogen-bond acceptors (Lipinski definition) is 5. The highest BCUT2D eigenvalue weighted by atomic mass is 16.5. The van der Waals surface area contributed by atoms with E-state index >= 15 is 0 Å². The van der Waals surface area contributed by atoms with Crippen molar-refractivity contribution < 1.29 is 9.53 Å². The minimum atomic E-state index is -0.455. The molecule has 3 aromatic carbocycles. The Morgan fingerprint density at radius 3 is 2.00 bits per heavy atom. The first-order valence-corrected chi connectivity index (χ1v) is 12.5. The number of aldehydes is 1. The highest BCUT2D eigenvalue weighted by Gasteiger charge is 2.41. The van der Waals surface area contributed by atoms with E-state index in [4.69, 9.17) is 10.5 Å². The molecule has 1 heterocycles. The molecule has 0 spiro atoms. The number of anilines is 1. The van der Waals surface area contributed by atoms with Crippen LogP contribution in [0.1, 0.15) is 34.2 Å². The van der Waals surface area contributed by atoms with Gasteiger partial charge in [0.15, 0.2) is 0 Å². The molecule has 5 nitrogen and oxygen atoms in total. The Labute approximate surface area is 209 Å². The number of nitrogens with zero attached hydrogens (tertiary/aromatic N) is 2. The Bertz CT molecular complexity index is 1080. The van der Waals surface area contributed by atoms with Gasteiger partial charge in [-0.05, 0) is 54.7 Å². The van der Waals surface area contributed by atoms with Crippen LogP contribution >= 0.6 is 0 Å². The van der Waals surface area contributed by atoms with Crippen molar-refractivity contribution in [2.75, 3.05) is 45.1 Å². The van der Waals surface area contributed by atoms with Crippen molar-refractivity contribution in [2.24, 2.45) is 0 Å². The lowest BCUT2D eigenvalue weighted by Gasteiger charge is -2.48. The van der Waals surface area contributed by atoms with E-state index < -0.39 is 5.54 Å². The van der Waals surface area contributed by atoms with E-state index in [2.05, 4.69) is 72.2 Å². The summed E-state index contributed by atoms with van der Waals surface area (Å²) in [5, 5.41) is 0. The summed E-state index contributed by atoms with van der Waals surface area (Å²) in [4.78, 5) is 16.9. The Morgan fingerprint density at radius 1 is 0.886 bits per heavy atom. The summed E-state index contributed by atoms with van der Waals surface area (Å²) < 4.78 is 6.17. The number of nitrogens with two attached hydrogens (primary N) is 1. The Kier molecular flexibility index (Phi) is 7.89. The van der Waals surface area contributed by atoms with Crippen molar-refractivity contribution in [3.8, 4) is 5.75 Å². The van der Waals surface area contributed by atoms with Crippen LogP contribution in [-0.4, -0.2) is 55.4 Å². The standard InChI is InChI=1S/C30H37N3O2/c1-23-22-28(24(2)25(3)29(23)31)35-21-19-32-15-17-33(18-16-32)30(14-20-34,26-10-6-4-7-11-26)27-12-8-5-9-13-27/h4-13,20,22H,14-19,21,31H2,1-3H3. The van der Waals surface area contributed by atoms with E-state index in [9.17, 15) is 4.79 Å². The quantitative estimate of drug-likeness (QED) is 0.361. The molecule has 0 amide bonds. The monoisotopic (exact) mass is 471 g/mol. The first-order valence-electron chi connectivity index (χ1n) is 12.5. The molecule has 3 aromatic rings. The van der Waals surface area contributed by atoms with E-state index in [0.29, 0.717) is 13.0 Å². The van der Waals surface area contributed by atoms with Crippen molar-refractivity contribution in [1.29, 1.82) is 0 Å². The molecular weight excluding hydrogens is 434 g/mol. The number of rotatable bonds is 9. The number of nitrogen functional groups attached to an aromatic ring is 1. The lowest BCUT2D eigenvalue weighted by atomic mass is 9.78. The van der Waals surface area contributed by atoms with E-state index in [0.717, 1.165) is 67.1 Å². The second kappa shape index (κ2) is 11.1. The van der Waals surface area contributed by atoms with Gasteiger partial charge in [0, 0.05) is 44.8 Å². The van der Waals surface area contributed by atoms with E-state index in [1.54, 1.807) is 0 Å². The fraction of sp³-hybridized carbons (Fsp3) is 0.367. The molecule has 0 saturated carbocycles. The van der Waals surface area contributed by atoms with Crippen LogP contribution in [0.3, 0.4) is 0 Å². The average Bonchev–Trinajstić information content (AvgIpc) is 2.90. The summed E-state index contributed by atoms with van der Waals surface area (Å²) in [5.74, 6) is 0.922. The molecule has 4 rings (SSSR count). The van der Waals surface area contributed by atoms with E-state index in [1.165, 1.54) is 11.1 Å². The number of carbonyl (C=O) groups excluding carboxylic acids is 1. The molecule has 1 aliphatic heterocycles. The van der Waals surface area contributed by atoms with Gasteiger partial charge in [-0.1, -0.05) is 60.7 Å². The van der Waals surface area contributed by atoms with Gasteiger partial charge in [0.05, 0.1) is 5.54 Å². The molecule has 1 saturated heterocycles. The van der Waals surface area contributed by atoms with Gasteiger partial charge >= 0.3 is 0 Å². The van der Waals surface area contributed by atoms with Crippen LogP contribution in [-0.2, 0) is 10.3 Å². The fourth-order valence-corrected chi connectivity index (χ4v) is 5.30. The maximum absolute atomic E-state index is 12.0. The largest absolute Gasteiger partial charge is 0.492 e. The molecule has 1 fully saturated rings. The molecule has 0 aromatic heterocycles. The lowest BCUT2D eigenvalue weighted by molar-refractivity contribution is -0.110. The summed E-state index contributed by atoms with van der Waals surface area (Å²) in [7, 11) is 0. The predicted octanol–water partition coefficient (Wildman–Crippen LogP) is 4.72. The van der Waals surface area contributed by atoms with Crippen LogP contribution in [0.4, 0.5) is 5.69 Å². The van der Waals surface area contributed by atoms with Crippen molar-refractivity contribution >= 4 is 12.0 Å². The zero-order chi connectivity index (χ0) is 24.8. The highest BCUT2D eigenvalue weighted by molar-refractivity contribution is 5.60. The minimum Gasteiger partial charge on any atom is -0.492 e. The molecule has 0 bridgehead atoms. The first-order chi connectivity index (χ1) is 17.0. The zero-order valence-corrected chi connectivity index (χ0v) is 21.2. The molecule has 5 heteroatoms. The van der Waals surface area contributed by atoms with Crippen LogP contribution in [0.15, 0.2) is 66.7 Å². The number of aryl methyl sites for hydroxylation is 1. The van der Waals surface area contributed by atoms with Crippen molar-refractivity contribution in [3.63, 3.8) is 0 Å². The second-order valence-electron chi connectivity index (χ2n) is 9.50. The number of piperazine rings is 1. The van der Waals surface area contributed by atoms with Gasteiger partial charge in [0.25, 0.3) is 0 Å². The van der Waals surface area contributed by atoms with Crippen LogP contribution in [0.2, 0.25) is 0 Å². The molecular formula is C30H37N3O2. The number of hydrogen-bond donors (Lipinski definition) is 1. The van der Waals surface area contributed by atoms with Crippen LogP contribution in [0.25, 0.3) is 0 Å². The smallest absolute Gasteiger partial charge is 0.122 e. The first kappa shape index (κ1) is 25.0. The second-order valence-corrected chi connectivity index (χ2v) is 9.50. The summed E-state index contributed by atoms with van der Waals surface area (Å²) in [6, 6.07) is 23.0. The Morgan fingerprint density at radius 2 is 1.46 bits per heavy atom. The van der Waals surface area contributed by atoms with Gasteiger partial charge < -0.3 is 15.3 Å². The normalized spacial score (nSPS) is 15.2. The highest BCUT2D eigenvalue weighted by Crippen LogP contribution is 2.39. The van der Waals surface area contributed by atoms with Crippen LogP contribution < -0.4 is 10.5 Å². The van der Waals surface area contributed by atoms with Crippen LogP contribution in [0.5, 0.6) is 5.75 Å². The molecule has 0 aliphatic carbocycles. The third-order valence-electron chi connectivity index (χ3n) is 7.57. The molecule has 0 atom stereocenters. The van der Waals surface area contributed by atoms with E-state index in [1.807, 2.05) is 25.1 Å². The lowest BCUT2D eigenvalue weighted by Crippen LogP contribution is -2.56. The van der Waals surface area contributed by atoms with Gasteiger partial charge in [-0.3, -0.25) is 9.80 Å². The van der Waals surface area contributed by atoms with Crippen molar-refractivity contribution in [1.82, 2.24) is 9.80 Å². The van der Waals surface area contributed by atoms with Gasteiger partial charge in [-0.15, -0.1) is 0 Å². The predicted molar refractivity (Wildman–Crippen MR) is 143 cm³/mol. The topological polar surface area (TPSA) is 58.8 Å². The minimum absolute atomic E-state index is 0.430. The Balaban J connectivity index is 1.45. The number of benzene rings is 3. The summed E-state index contributed by atoms with van der Waals surface area (Å²) in [6.07, 6.45) is 1.50. The van der Waals surface area contributed by atoms with Crippen LogP contribution in [0, 0.1) is 20.8 Å². The third kappa shape index (κ3) is 5.12. The number of carbonyl (C=O) groups is 1. The Hall–Kier alpha value is -3.15. The molecule has 2 N–H and O–H groups in total. The zero-order valence-electron chi connectivity index (χ0n) is 21.2. The van der Waals surface area contributed by atoms with Gasteiger partial charge in [0.1, 0.15) is 18.6 Å². The molecule has 184 valence electrons. The fourth-order valence-electron chi connectivity index (χ4n) is 5.30. The maximum atomic E-state index is 12.0. The summed E-state index contributed by atoms with van der Waals surface area (Å²) in [5.41, 5.74) is 12.2. The van der Waals surface area contributed by atoms with Crippen molar-refractivity contribution in [3.05, 3.63) is 94.5 Å². The molecule has 35 heavy (non-hydrogen) atoms. The number of ether oxygens (including phenoxy) is 1. The molecule has 0 radical (unpaired) electrons.